The molecule has 8 heteroatoms. The molecule has 1 saturated heterocycles. The van der Waals surface area contributed by atoms with Crippen LogP contribution in [0, 0.1) is 0 Å². The number of nitrogens with zero attached hydrogens (tertiary/aromatic N) is 1. The second-order valence-electron chi connectivity index (χ2n) is 7.81. The van der Waals surface area contributed by atoms with Gasteiger partial charge in [0.25, 0.3) is 0 Å². The summed E-state index contributed by atoms with van der Waals surface area (Å²) in [4.78, 5) is 14.4. The van der Waals surface area contributed by atoms with Gasteiger partial charge in [-0.3, -0.25) is 9.69 Å². The lowest BCUT2D eigenvalue weighted by molar-refractivity contribution is -0.122. The highest BCUT2D eigenvalue weighted by atomic mass is 35.5. The van der Waals surface area contributed by atoms with Crippen molar-refractivity contribution in [3.63, 3.8) is 0 Å². The van der Waals surface area contributed by atoms with E-state index in [1.54, 1.807) is 19.2 Å². The van der Waals surface area contributed by atoms with Crippen LogP contribution in [-0.2, 0) is 11.3 Å². The summed E-state index contributed by atoms with van der Waals surface area (Å²) in [6, 6.07) is 9.15. The normalized spacial score (nSPS) is 14.5. The van der Waals surface area contributed by atoms with E-state index < -0.39 is 0 Å². The molecule has 1 aliphatic heterocycles. The summed E-state index contributed by atoms with van der Waals surface area (Å²) < 4.78 is 11.5. The number of rotatable bonds is 8. The van der Waals surface area contributed by atoms with Crippen LogP contribution in [-0.4, -0.2) is 50.6 Å². The minimum Gasteiger partial charge on any atom is -0.496 e. The number of hydrogen-bond acceptors (Lipinski definition) is 5. The second-order valence-corrected chi connectivity index (χ2v) is 8.60. The third-order valence-corrected chi connectivity index (χ3v) is 5.94. The van der Waals surface area contributed by atoms with Crippen LogP contribution in [0.2, 0.25) is 10.0 Å². The zero-order chi connectivity index (χ0) is 22.4. The molecule has 0 unspecified atom stereocenters. The fourth-order valence-electron chi connectivity index (χ4n) is 3.47. The van der Waals surface area contributed by atoms with Gasteiger partial charge in [0.15, 0.2) is 5.75 Å². The molecule has 0 saturated carbocycles. The number of piperazine rings is 1. The third-order valence-electron chi connectivity index (χ3n) is 5.22. The minimum atomic E-state index is -0.0351. The number of nitrogens with one attached hydrogen (secondary N) is 2. The molecule has 168 valence electrons. The first kappa shape index (κ1) is 23.7. The summed E-state index contributed by atoms with van der Waals surface area (Å²) in [6.45, 7) is 8.40. The molecule has 1 amide bonds. The van der Waals surface area contributed by atoms with Gasteiger partial charge in [0.2, 0.25) is 5.91 Å². The fourth-order valence-corrected chi connectivity index (χ4v) is 3.98. The van der Waals surface area contributed by atoms with Crippen molar-refractivity contribution in [3.8, 4) is 17.2 Å². The van der Waals surface area contributed by atoms with Crippen molar-refractivity contribution in [2.24, 2.45) is 0 Å². The molecule has 2 aromatic rings. The highest BCUT2D eigenvalue weighted by Crippen LogP contribution is 2.40. The van der Waals surface area contributed by atoms with Crippen LogP contribution >= 0.6 is 23.2 Å². The Hall–Kier alpha value is -1.99. The van der Waals surface area contributed by atoms with Crippen LogP contribution < -0.4 is 20.1 Å². The van der Waals surface area contributed by atoms with E-state index in [1.807, 2.05) is 18.2 Å². The molecule has 0 spiro atoms. The first-order valence-corrected chi connectivity index (χ1v) is 11.2. The summed E-state index contributed by atoms with van der Waals surface area (Å²) in [5, 5.41) is 7.00. The number of hydrogen-bond donors (Lipinski definition) is 2. The Morgan fingerprint density at radius 3 is 2.61 bits per heavy atom. The van der Waals surface area contributed by atoms with Crippen molar-refractivity contribution in [1.82, 2.24) is 15.5 Å². The Morgan fingerprint density at radius 1 is 1.19 bits per heavy atom. The van der Waals surface area contributed by atoms with E-state index in [1.165, 1.54) is 0 Å². The molecule has 31 heavy (non-hydrogen) atoms. The SMILES string of the molecule is COc1ccc(Oc2c(Cl)ccc(CNC(=O)CN3CCNCC3)c2Cl)cc1C(C)C. The summed E-state index contributed by atoms with van der Waals surface area (Å²) in [6.07, 6.45) is 0. The van der Waals surface area contributed by atoms with Crippen LogP contribution in [0.5, 0.6) is 17.2 Å². The van der Waals surface area contributed by atoms with Gasteiger partial charge in [-0.2, -0.15) is 0 Å². The van der Waals surface area contributed by atoms with Crippen molar-refractivity contribution in [2.75, 3.05) is 39.8 Å². The monoisotopic (exact) mass is 465 g/mol. The lowest BCUT2D eigenvalue weighted by Crippen LogP contribution is -2.47. The molecule has 1 heterocycles. The van der Waals surface area contributed by atoms with E-state index in [9.17, 15) is 4.79 Å². The van der Waals surface area contributed by atoms with Crippen LogP contribution in [0.15, 0.2) is 30.3 Å². The molecule has 3 rings (SSSR count). The van der Waals surface area contributed by atoms with Crippen LogP contribution in [0.25, 0.3) is 0 Å². The standard InChI is InChI=1S/C23H29Cl2N3O3/c1-15(2)18-12-17(5-7-20(18)30-3)31-23-19(24)6-4-16(22(23)25)13-27-21(29)14-28-10-8-26-9-11-28/h4-7,12,15,26H,8-11,13-14H2,1-3H3,(H,27,29). The molecule has 0 radical (unpaired) electrons. The predicted molar refractivity (Wildman–Crippen MR) is 125 cm³/mol. The lowest BCUT2D eigenvalue weighted by atomic mass is 10.0. The Bertz CT molecular complexity index is 915. The highest BCUT2D eigenvalue weighted by Gasteiger charge is 2.17. The Kier molecular flexibility index (Phi) is 8.43. The smallest absolute Gasteiger partial charge is 0.234 e. The van der Waals surface area contributed by atoms with E-state index in [0.29, 0.717) is 34.6 Å². The maximum absolute atomic E-state index is 12.3. The van der Waals surface area contributed by atoms with Crippen LogP contribution in [0.1, 0.15) is 30.9 Å². The van der Waals surface area contributed by atoms with Crippen LogP contribution in [0.4, 0.5) is 0 Å². The number of benzene rings is 2. The Labute approximate surface area is 193 Å². The topological polar surface area (TPSA) is 62.8 Å². The average molecular weight is 466 g/mol. The maximum Gasteiger partial charge on any atom is 0.234 e. The summed E-state index contributed by atoms with van der Waals surface area (Å²) in [5.41, 5.74) is 1.77. The van der Waals surface area contributed by atoms with Gasteiger partial charge in [-0.15, -0.1) is 0 Å². The van der Waals surface area contributed by atoms with E-state index in [0.717, 1.165) is 43.1 Å². The van der Waals surface area contributed by atoms with Crippen molar-refractivity contribution in [3.05, 3.63) is 51.5 Å². The quantitative estimate of drug-likeness (QED) is 0.603. The van der Waals surface area contributed by atoms with E-state index in [-0.39, 0.29) is 11.8 Å². The summed E-state index contributed by atoms with van der Waals surface area (Å²) in [5.74, 6) is 2.03. The third kappa shape index (κ3) is 6.26. The van der Waals surface area contributed by atoms with Gasteiger partial charge in [-0.25, -0.2) is 0 Å². The Balaban J connectivity index is 1.70. The van der Waals surface area contributed by atoms with Gasteiger partial charge >= 0.3 is 0 Å². The lowest BCUT2D eigenvalue weighted by Gasteiger charge is -2.26. The Morgan fingerprint density at radius 2 is 1.94 bits per heavy atom. The first-order valence-electron chi connectivity index (χ1n) is 10.4. The zero-order valence-corrected chi connectivity index (χ0v) is 19.6. The number of amides is 1. The number of carbonyl (C=O) groups is 1. The van der Waals surface area contributed by atoms with Gasteiger partial charge < -0.3 is 20.1 Å². The molecule has 0 bridgehead atoms. The van der Waals surface area contributed by atoms with Crippen molar-refractivity contribution in [2.45, 2.75) is 26.3 Å². The molecule has 6 nitrogen and oxygen atoms in total. The zero-order valence-electron chi connectivity index (χ0n) is 18.1. The molecular formula is C23H29Cl2N3O3. The number of ether oxygens (including phenoxy) is 2. The second kappa shape index (κ2) is 11.0. The number of methoxy groups -OCH3 is 1. The average Bonchev–Trinajstić information content (AvgIpc) is 2.76. The fraction of sp³-hybridized carbons (Fsp3) is 0.435. The van der Waals surface area contributed by atoms with Crippen molar-refractivity contribution < 1.29 is 14.3 Å². The first-order chi connectivity index (χ1) is 14.9. The molecular weight excluding hydrogens is 437 g/mol. The molecule has 2 aromatic carbocycles. The molecule has 0 aromatic heterocycles. The molecule has 2 N–H and O–H groups in total. The summed E-state index contributed by atoms with van der Waals surface area (Å²) in [7, 11) is 1.65. The minimum absolute atomic E-state index is 0.0351. The molecule has 1 fully saturated rings. The van der Waals surface area contributed by atoms with Gasteiger partial charge in [-0.05, 0) is 35.7 Å². The van der Waals surface area contributed by atoms with E-state index in [2.05, 4.69) is 29.4 Å². The molecule has 0 atom stereocenters. The van der Waals surface area contributed by atoms with Crippen molar-refractivity contribution >= 4 is 29.1 Å². The molecule has 0 aliphatic carbocycles. The number of carbonyl (C=O) groups excluding carboxylic acids is 1. The van der Waals surface area contributed by atoms with E-state index in [4.69, 9.17) is 32.7 Å². The van der Waals surface area contributed by atoms with E-state index >= 15 is 0 Å². The van der Waals surface area contributed by atoms with Gasteiger partial charge in [0.05, 0.1) is 23.7 Å². The highest BCUT2D eigenvalue weighted by molar-refractivity contribution is 6.37. The number of halogens is 2. The largest absolute Gasteiger partial charge is 0.496 e. The van der Waals surface area contributed by atoms with Crippen molar-refractivity contribution in [1.29, 1.82) is 0 Å². The van der Waals surface area contributed by atoms with Gasteiger partial charge in [0.1, 0.15) is 11.5 Å². The van der Waals surface area contributed by atoms with Gasteiger partial charge in [0, 0.05) is 38.3 Å². The maximum atomic E-state index is 12.3. The summed E-state index contributed by atoms with van der Waals surface area (Å²) >= 11 is 13.0. The predicted octanol–water partition coefficient (Wildman–Crippen LogP) is 4.44. The molecule has 1 aliphatic rings. The van der Waals surface area contributed by atoms with Crippen LogP contribution in [0.3, 0.4) is 0 Å². The van der Waals surface area contributed by atoms with Gasteiger partial charge in [-0.1, -0.05) is 43.1 Å².